The van der Waals surface area contributed by atoms with E-state index >= 15 is 0 Å². The molecule has 0 saturated heterocycles. The number of rotatable bonds is 4. The first-order chi connectivity index (χ1) is 8.22. The van der Waals surface area contributed by atoms with Crippen LogP contribution in [0.5, 0.6) is 5.75 Å². The summed E-state index contributed by atoms with van der Waals surface area (Å²) in [6.07, 6.45) is 0. The van der Waals surface area contributed by atoms with Crippen molar-refractivity contribution >= 4 is 15.9 Å². The second-order valence-corrected chi connectivity index (χ2v) is 4.37. The number of hydrogen-bond donors (Lipinski definition) is 1. The number of nitrogens with two attached hydrogens (primary N) is 1. The minimum atomic E-state index is 0.310. The first-order valence-electron chi connectivity index (χ1n) is 5.10. The molecule has 0 aliphatic carbocycles. The van der Waals surface area contributed by atoms with E-state index in [2.05, 4.69) is 30.9 Å². The minimum absolute atomic E-state index is 0.310. The summed E-state index contributed by atoms with van der Waals surface area (Å²) in [5.41, 5.74) is 8.00. The third-order valence-electron chi connectivity index (χ3n) is 2.37. The highest BCUT2D eigenvalue weighted by atomic mass is 79.9. The van der Waals surface area contributed by atoms with Crippen molar-refractivity contribution in [3.63, 3.8) is 0 Å². The van der Waals surface area contributed by atoms with Crippen LogP contribution < -0.4 is 10.5 Å². The van der Waals surface area contributed by atoms with Crippen molar-refractivity contribution < 1.29 is 9.37 Å². The summed E-state index contributed by atoms with van der Waals surface area (Å²) in [6.45, 7) is 2.55. The van der Waals surface area contributed by atoms with Crippen LogP contribution in [-0.4, -0.2) is 10.3 Å². The lowest BCUT2D eigenvalue weighted by Crippen LogP contribution is -2.04. The van der Waals surface area contributed by atoms with Crippen LogP contribution in [0.1, 0.15) is 17.0 Å². The molecule has 0 fully saturated rings. The smallest absolute Gasteiger partial charge is 0.145 e. The topological polar surface area (TPSA) is 74.2 Å². The molecule has 0 atom stereocenters. The largest absolute Gasteiger partial charge is 0.486 e. The highest BCUT2D eigenvalue weighted by Crippen LogP contribution is 2.29. The van der Waals surface area contributed by atoms with E-state index in [1.807, 2.05) is 25.1 Å². The van der Waals surface area contributed by atoms with E-state index in [1.54, 1.807) is 0 Å². The predicted molar refractivity (Wildman–Crippen MR) is 65.4 cm³/mol. The molecular formula is C11H12BrN3O2. The Morgan fingerprint density at radius 2 is 2.24 bits per heavy atom. The van der Waals surface area contributed by atoms with E-state index in [4.69, 9.17) is 10.5 Å². The fourth-order valence-electron chi connectivity index (χ4n) is 1.40. The molecule has 0 saturated carbocycles. The van der Waals surface area contributed by atoms with Crippen LogP contribution in [0.4, 0.5) is 0 Å². The molecule has 0 spiro atoms. The van der Waals surface area contributed by atoms with Crippen LogP contribution in [0, 0.1) is 6.92 Å². The van der Waals surface area contributed by atoms with E-state index in [9.17, 15) is 0 Å². The van der Waals surface area contributed by atoms with Crippen molar-refractivity contribution in [3.8, 4) is 5.75 Å². The van der Waals surface area contributed by atoms with Crippen LogP contribution in [0.2, 0.25) is 0 Å². The zero-order valence-electron chi connectivity index (χ0n) is 9.31. The summed E-state index contributed by atoms with van der Waals surface area (Å²) < 4.78 is 11.2. The molecule has 0 unspecified atom stereocenters. The van der Waals surface area contributed by atoms with Gasteiger partial charge in [0.15, 0.2) is 0 Å². The van der Waals surface area contributed by atoms with Crippen molar-refractivity contribution in [2.45, 2.75) is 20.1 Å². The third kappa shape index (κ3) is 2.65. The van der Waals surface area contributed by atoms with Gasteiger partial charge in [-0.25, -0.2) is 4.63 Å². The van der Waals surface area contributed by atoms with E-state index in [0.29, 0.717) is 18.8 Å². The van der Waals surface area contributed by atoms with Gasteiger partial charge < -0.3 is 10.5 Å². The second-order valence-electron chi connectivity index (χ2n) is 3.52. The molecule has 17 heavy (non-hydrogen) atoms. The van der Waals surface area contributed by atoms with Crippen molar-refractivity contribution in [3.05, 3.63) is 39.6 Å². The van der Waals surface area contributed by atoms with Crippen molar-refractivity contribution in [1.29, 1.82) is 0 Å². The van der Waals surface area contributed by atoms with Crippen molar-refractivity contribution in [1.82, 2.24) is 10.3 Å². The zero-order valence-corrected chi connectivity index (χ0v) is 10.9. The lowest BCUT2D eigenvalue weighted by Gasteiger charge is -2.10. The Morgan fingerprint density at radius 1 is 1.41 bits per heavy atom. The molecule has 2 rings (SSSR count). The molecule has 6 heteroatoms. The monoisotopic (exact) mass is 297 g/mol. The maximum Gasteiger partial charge on any atom is 0.145 e. The number of ether oxygens (including phenoxy) is 1. The maximum absolute atomic E-state index is 5.69. The summed E-state index contributed by atoms with van der Waals surface area (Å²) in [5.74, 6) is 0.734. The summed E-state index contributed by atoms with van der Waals surface area (Å²) in [4.78, 5) is 0. The molecule has 5 nitrogen and oxygen atoms in total. The van der Waals surface area contributed by atoms with Gasteiger partial charge >= 0.3 is 0 Å². The lowest BCUT2D eigenvalue weighted by atomic mass is 10.2. The Kier molecular flexibility index (Phi) is 3.75. The summed E-state index contributed by atoms with van der Waals surface area (Å²) in [6, 6.07) is 5.75. The molecule has 1 aromatic carbocycles. The van der Waals surface area contributed by atoms with Gasteiger partial charge in [-0.1, -0.05) is 22.4 Å². The third-order valence-corrected chi connectivity index (χ3v) is 2.99. The zero-order chi connectivity index (χ0) is 12.3. The molecule has 0 radical (unpaired) electrons. The van der Waals surface area contributed by atoms with Gasteiger partial charge in [0.1, 0.15) is 23.7 Å². The highest BCUT2D eigenvalue weighted by molar-refractivity contribution is 9.10. The summed E-state index contributed by atoms with van der Waals surface area (Å²) >= 11 is 3.43. The molecule has 0 aliphatic heterocycles. The number of benzene rings is 1. The number of para-hydroxylation sites is 1. The average molecular weight is 298 g/mol. The van der Waals surface area contributed by atoms with Gasteiger partial charge in [0.25, 0.3) is 0 Å². The summed E-state index contributed by atoms with van der Waals surface area (Å²) in [7, 11) is 0. The number of aryl methyl sites for hydroxylation is 1. The SMILES string of the molecule is Cc1nonc1COc1c(Br)cccc1CN. The van der Waals surface area contributed by atoms with E-state index in [-0.39, 0.29) is 0 Å². The fraction of sp³-hybridized carbons (Fsp3) is 0.273. The molecule has 2 N–H and O–H groups in total. The van der Waals surface area contributed by atoms with Crippen molar-refractivity contribution in [2.75, 3.05) is 0 Å². The van der Waals surface area contributed by atoms with Crippen LogP contribution in [-0.2, 0) is 13.2 Å². The Bertz CT molecular complexity index is 513. The van der Waals surface area contributed by atoms with Gasteiger partial charge in [-0.2, -0.15) is 0 Å². The molecule has 0 aliphatic rings. The molecule has 0 amide bonds. The molecule has 2 aromatic rings. The highest BCUT2D eigenvalue weighted by Gasteiger charge is 2.10. The Labute approximate surface area is 107 Å². The van der Waals surface area contributed by atoms with Crippen LogP contribution in [0.15, 0.2) is 27.3 Å². The second kappa shape index (κ2) is 5.29. The van der Waals surface area contributed by atoms with E-state index in [0.717, 1.165) is 21.5 Å². The Morgan fingerprint density at radius 3 is 2.88 bits per heavy atom. The van der Waals surface area contributed by atoms with Crippen LogP contribution in [0.25, 0.3) is 0 Å². The van der Waals surface area contributed by atoms with Crippen LogP contribution >= 0.6 is 15.9 Å². The maximum atomic E-state index is 5.69. The van der Waals surface area contributed by atoms with Gasteiger partial charge in [0.2, 0.25) is 0 Å². The van der Waals surface area contributed by atoms with Gasteiger partial charge in [0.05, 0.1) is 4.47 Å². The average Bonchev–Trinajstić information content (AvgIpc) is 2.73. The van der Waals surface area contributed by atoms with Gasteiger partial charge in [-0.05, 0) is 28.9 Å². The predicted octanol–water partition coefficient (Wildman–Crippen LogP) is 2.18. The van der Waals surface area contributed by atoms with E-state index in [1.165, 1.54) is 0 Å². The molecular weight excluding hydrogens is 286 g/mol. The van der Waals surface area contributed by atoms with Gasteiger partial charge in [0, 0.05) is 12.1 Å². The quantitative estimate of drug-likeness (QED) is 0.936. The molecule has 1 heterocycles. The van der Waals surface area contributed by atoms with Gasteiger partial charge in [-0.15, -0.1) is 0 Å². The summed E-state index contributed by atoms with van der Waals surface area (Å²) in [5, 5.41) is 7.45. The fourth-order valence-corrected chi connectivity index (χ4v) is 1.92. The van der Waals surface area contributed by atoms with E-state index < -0.39 is 0 Å². The minimum Gasteiger partial charge on any atom is -0.486 e. The number of nitrogens with zero attached hydrogens (tertiary/aromatic N) is 2. The Balaban J connectivity index is 2.16. The Hall–Kier alpha value is -1.40. The van der Waals surface area contributed by atoms with Gasteiger partial charge in [-0.3, -0.25) is 0 Å². The number of aromatic nitrogens is 2. The molecule has 1 aromatic heterocycles. The normalized spacial score (nSPS) is 10.5. The number of halogens is 1. The first-order valence-corrected chi connectivity index (χ1v) is 5.90. The number of hydrogen-bond acceptors (Lipinski definition) is 5. The molecule has 90 valence electrons. The standard InChI is InChI=1S/C11H12BrN3O2/c1-7-10(15-17-14-7)6-16-11-8(5-13)3-2-4-9(11)12/h2-4H,5-6,13H2,1H3. The van der Waals surface area contributed by atoms with Crippen molar-refractivity contribution in [2.24, 2.45) is 5.73 Å². The first kappa shape index (κ1) is 12.1. The molecule has 0 bridgehead atoms. The lowest BCUT2D eigenvalue weighted by molar-refractivity contribution is 0.267. The van der Waals surface area contributed by atoms with Crippen LogP contribution in [0.3, 0.4) is 0 Å².